The molecule has 1 aromatic heterocycles. The maximum Gasteiger partial charge on any atom is 0.253 e. The zero-order chi connectivity index (χ0) is 21.0. The molecular weight excluding hydrogens is 382 g/mol. The zero-order valence-corrected chi connectivity index (χ0v) is 17.7. The van der Waals surface area contributed by atoms with Gasteiger partial charge in [-0.05, 0) is 42.5 Å². The fourth-order valence-corrected chi connectivity index (χ4v) is 4.58. The van der Waals surface area contributed by atoms with Crippen molar-refractivity contribution in [2.75, 3.05) is 13.1 Å². The highest BCUT2D eigenvalue weighted by molar-refractivity contribution is 5.97. The van der Waals surface area contributed by atoms with Gasteiger partial charge < -0.3 is 4.90 Å². The van der Waals surface area contributed by atoms with Gasteiger partial charge in [-0.15, -0.1) is 0 Å². The molecule has 0 N–H and O–H groups in total. The first-order valence-electron chi connectivity index (χ1n) is 11.1. The molecule has 0 saturated carbocycles. The molecule has 0 bridgehead atoms. The van der Waals surface area contributed by atoms with Crippen LogP contribution in [-0.2, 0) is 6.54 Å². The van der Waals surface area contributed by atoms with Crippen LogP contribution in [0.15, 0.2) is 85.1 Å². The Labute approximate surface area is 183 Å². The number of likely N-dealkylation sites (tertiary alicyclic amines) is 1. The number of aryl methyl sites for hydroxylation is 1. The summed E-state index contributed by atoms with van der Waals surface area (Å²) in [6.45, 7) is 2.55. The average Bonchev–Trinajstić information content (AvgIpc) is 3.50. The SMILES string of the molecule is O=C(c1ccc2cn(CCC(c3ccccc3)c3ccccc3)nc2c1)N1CCCC1. The molecule has 1 amide bonds. The van der Waals surface area contributed by atoms with Crippen molar-refractivity contribution >= 4 is 16.8 Å². The third-order valence-corrected chi connectivity index (χ3v) is 6.25. The van der Waals surface area contributed by atoms with E-state index in [0.29, 0.717) is 5.92 Å². The number of carbonyl (C=O) groups excluding carboxylic acids is 1. The van der Waals surface area contributed by atoms with Gasteiger partial charge in [-0.3, -0.25) is 9.48 Å². The molecule has 5 rings (SSSR count). The fraction of sp³-hybridized carbons (Fsp3) is 0.259. The maximum absolute atomic E-state index is 12.7. The third kappa shape index (κ3) is 4.24. The van der Waals surface area contributed by atoms with Crippen molar-refractivity contribution in [3.05, 3.63) is 102 Å². The normalized spacial score (nSPS) is 13.9. The molecule has 4 nitrogen and oxygen atoms in total. The molecule has 1 saturated heterocycles. The van der Waals surface area contributed by atoms with Crippen LogP contribution in [0.3, 0.4) is 0 Å². The van der Waals surface area contributed by atoms with Crippen LogP contribution >= 0.6 is 0 Å². The van der Waals surface area contributed by atoms with Crippen LogP contribution in [0.4, 0.5) is 0 Å². The molecule has 3 aromatic carbocycles. The number of hydrogen-bond donors (Lipinski definition) is 0. The number of fused-ring (bicyclic) bond motifs is 1. The van der Waals surface area contributed by atoms with E-state index in [2.05, 4.69) is 66.9 Å². The lowest BCUT2D eigenvalue weighted by Crippen LogP contribution is -2.27. The molecule has 31 heavy (non-hydrogen) atoms. The Morgan fingerprint density at radius 2 is 1.52 bits per heavy atom. The van der Waals surface area contributed by atoms with Crippen LogP contribution in [-0.4, -0.2) is 33.7 Å². The van der Waals surface area contributed by atoms with Crippen LogP contribution in [0.5, 0.6) is 0 Å². The van der Waals surface area contributed by atoms with Crippen molar-refractivity contribution in [1.29, 1.82) is 0 Å². The molecule has 156 valence electrons. The highest BCUT2D eigenvalue weighted by Gasteiger charge is 2.20. The molecule has 1 aliphatic rings. The van der Waals surface area contributed by atoms with Crippen molar-refractivity contribution in [2.45, 2.75) is 31.7 Å². The van der Waals surface area contributed by atoms with E-state index in [0.717, 1.165) is 55.4 Å². The Balaban J connectivity index is 1.36. The van der Waals surface area contributed by atoms with Crippen LogP contribution < -0.4 is 0 Å². The quantitative estimate of drug-likeness (QED) is 0.422. The van der Waals surface area contributed by atoms with E-state index in [-0.39, 0.29) is 5.91 Å². The maximum atomic E-state index is 12.7. The highest BCUT2D eigenvalue weighted by atomic mass is 16.2. The Morgan fingerprint density at radius 3 is 2.16 bits per heavy atom. The van der Waals surface area contributed by atoms with Crippen molar-refractivity contribution < 1.29 is 4.79 Å². The Bertz CT molecular complexity index is 1120. The molecule has 0 unspecified atom stereocenters. The smallest absolute Gasteiger partial charge is 0.253 e. The Morgan fingerprint density at radius 1 is 0.871 bits per heavy atom. The largest absolute Gasteiger partial charge is 0.339 e. The summed E-state index contributed by atoms with van der Waals surface area (Å²) in [5.41, 5.74) is 4.28. The van der Waals surface area contributed by atoms with Crippen molar-refractivity contribution in [1.82, 2.24) is 14.7 Å². The van der Waals surface area contributed by atoms with Crippen LogP contribution in [0.2, 0.25) is 0 Å². The van der Waals surface area contributed by atoms with Gasteiger partial charge in [0.15, 0.2) is 0 Å². The molecule has 4 aromatic rings. The predicted octanol–water partition coefficient (Wildman–Crippen LogP) is 5.49. The summed E-state index contributed by atoms with van der Waals surface area (Å²) in [6, 6.07) is 27.2. The summed E-state index contributed by atoms with van der Waals surface area (Å²) in [5, 5.41) is 5.87. The number of amides is 1. The Kier molecular flexibility index (Phi) is 5.53. The molecule has 2 heterocycles. The van der Waals surface area contributed by atoms with Gasteiger partial charge in [-0.2, -0.15) is 5.10 Å². The summed E-state index contributed by atoms with van der Waals surface area (Å²) >= 11 is 0. The second kappa shape index (κ2) is 8.76. The summed E-state index contributed by atoms with van der Waals surface area (Å²) in [4.78, 5) is 14.7. The van der Waals surface area contributed by atoms with E-state index in [4.69, 9.17) is 5.10 Å². The average molecular weight is 410 g/mol. The number of carbonyl (C=O) groups is 1. The van der Waals surface area contributed by atoms with Crippen LogP contribution in [0, 0.1) is 0 Å². The number of benzene rings is 3. The van der Waals surface area contributed by atoms with Gasteiger partial charge in [0.2, 0.25) is 0 Å². The van der Waals surface area contributed by atoms with E-state index in [1.54, 1.807) is 0 Å². The second-order valence-corrected chi connectivity index (χ2v) is 8.33. The van der Waals surface area contributed by atoms with Gasteiger partial charge in [0.1, 0.15) is 0 Å². The first-order valence-corrected chi connectivity index (χ1v) is 11.1. The lowest BCUT2D eigenvalue weighted by atomic mass is 9.88. The molecule has 0 spiro atoms. The molecule has 4 heteroatoms. The zero-order valence-electron chi connectivity index (χ0n) is 17.7. The van der Waals surface area contributed by atoms with Gasteiger partial charge in [0.25, 0.3) is 5.91 Å². The van der Waals surface area contributed by atoms with Gasteiger partial charge in [0, 0.05) is 42.7 Å². The van der Waals surface area contributed by atoms with E-state index in [1.807, 2.05) is 27.8 Å². The number of hydrogen-bond acceptors (Lipinski definition) is 2. The number of rotatable bonds is 6. The first-order chi connectivity index (χ1) is 15.3. The lowest BCUT2D eigenvalue weighted by Gasteiger charge is -2.18. The van der Waals surface area contributed by atoms with E-state index < -0.39 is 0 Å². The third-order valence-electron chi connectivity index (χ3n) is 6.25. The van der Waals surface area contributed by atoms with Crippen molar-refractivity contribution in [2.24, 2.45) is 0 Å². The minimum Gasteiger partial charge on any atom is -0.339 e. The summed E-state index contributed by atoms with van der Waals surface area (Å²) in [7, 11) is 0. The topological polar surface area (TPSA) is 38.1 Å². The molecule has 1 fully saturated rings. The second-order valence-electron chi connectivity index (χ2n) is 8.33. The van der Waals surface area contributed by atoms with E-state index >= 15 is 0 Å². The van der Waals surface area contributed by atoms with Crippen molar-refractivity contribution in [3.8, 4) is 0 Å². The Hall–Kier alpha value is -3.40. The summed E-state index contributed by atoms with van der Waals surface area (Å²) in [6.07, 6.45) is 5.26. The molecule has 0 aliphatic carbocycles. The van der Waals surface area contributed by atoms with Gasteiger partial charge in [-0.1, -0.05) is 66.7 Å². The summed E-state index contributed by atoms with van der Waals surface area (Å²) < 4.78 is 2.02. The first kappa shape index (κ1) is 19.6. The standard InChI is InChI=1S/C27H27N3O/c31-27(29-16-7-8-17-29)23-13-14-24-20-30(28-26(24)19-23)18-15-25(21-9-3-1-4-10-21)22-11-5-2-6-12-22/h1-6,9-14,19-20,25H,7-8,15-18H2. The number of aromatic nitrogens is 2. The van der Waals surface area contributed by atoms with E-state index in [9.17, 15) is 4.79 Å². The minimum absolute atomic E-state index is 0.127. The summed E-state index contributed by atoms with van der Waals surface area (Å²) in [5.74, 6) is 0.448. The predicted molar refractivity (Wildman–Crippen MR) is 124 cm³/mol. The highest BCUT2D eigenvalue weighted by Crippen LogP contribution is 2.28. The van der Waals surface area contributed by atoms with E-state index in [1.165, 1.54) is 11.1 Å². The fourth-order valence-electron chi connectivity index (χ4n) is 4.58. The van der Waals surface area contributed by atoms with Gasteiger partial charge in [-0.25, -0.2) is 0 Å². The molecule has 1 aliphatic heterocycles. The molecule has 0 atom stereocenters. The lowest BCUT2D eigenvalue weighted by molar-refractivity contribution is 0.0793. The van der Waals surface area contributed by atoms with Crippen molar-refractivity contribution in [3.63, 3.8) is 0 Å². The minimum atomic E-state index is 0.127. The molecular formula is C27H27N3O. The molecule has 0 radical (unpaired) electrons. The number of nitrogens with zero attached hydrogens (tertiary/aromatic N) is 3. The van der Waals surface area contributed by atoms with Gasteiger partial charge in [0.05, 0.1) is 5.52 Å². The van der Waals surface area contributed by atoms with Gasteiger partial charge >= 0.3 is 0 Å². The van der Waals surface area contributed by atoms with Crippen LogP contribution in [0.1, 0.15) is 46.7 Å². The monoisotopic (exact) mass is 409 g/mol. The van der Waals surface area contributed by atoms with Crippen LogP contribution in [0.25, 0.3) is 10.9 Å².